The highest BCUT2D eigenvalue weighted by molar-refractivity contribution is 6.36. The second kappa shape index (κ2) is 4.71. The lowest BCUT2D eigenvalue weighted by Crippen LogP contribution is -2.30. The van der Waals surface area contributed by atoms with Crippen LogP contribution in [0.25, 0.3) is 11.0 Å². The van der Waals surface area contributed by atoms with Crippen LogP contribution < -0.4 is 5.73 Å². The fourth-order valence-corrected chi connectivity index (χ4v) is 2.79. The fourth-order valence-electron chi connectivity index (χ4n) is 2.50. The third-order valence-electron chi connectivity index (χ3n) is 3.53. The highest BCUT2D eigenvalue weighted by Crippen LogP contribution is 2.35. The van der Waals surface area contributed by atoms with Crippen LogP contribution >= 0.6 is 11.6 Å². The Morgan fingerprint density at radius 3 is 2.75 bits per heavy atom. The molecule has 106 valence electrons. The first kappa shape index (κ1) is 13.3. The van der Waals surface area contributed by atoms with Crippen molar-refractivity contribution in [2.45, 2.75) is 18.2 Å². The minimum atomic E-state index is -1.11. The normalized spacial score (nSPS) is 26.2. The lowest BCUT2D eigenvalue weighted by atomic mass is 10.1. The second-order valence-corrected chi connectivity index (χ2v) is 5.07. The van der Waals surface area contributed by atoms with Crippen LogP contribution in [-0.4, -0.2) is 48.7 Å². The van der Waals surface area contributed by atoms with Crippen LogP contribution in [0.2, 0.25) is 5.02 Å². The van der Waals surface area contributed by atoms with E-state index < -0.39 is 18.2 Å². The maximum Gasteiger partial charge on any atom is 0.147 e. The van der Waals surface area contributed by atoms with E-state index in [1.165, 1.54) is 6.33 Å². The minimum Gasteiger partial charge on any atom is -0.392 e. The van der Waals surface area contributed by atoms with Gasteiger partial charge in [-0.2, -0.15) is 0 Å². The Bertz CT molecular complexity index is 699. The molecule has 3 rings (SSSR count). The van der Waals surface area contributed by atoms with Crippen molar-refractivity contribution >= 4 is 28.5 Å². The zero-order chi connectivity index (χ0) is 14.4. The number of halogens is 1. The number of nitrogens with two attached hydrogens (primary N) is 1. The second-order valence-electron chi connectivity index (χ2n) is 4.67. The van der Waals surface area contributed by atoms with E-state index in [-0.39, 0.29) is 12.4 Å². The standard InChI is InChI=1S/C12H13ClN4O3/c13-6-2-17(12-8(6)11(14)15-4-16-12)7-1-5(3-18)9(19)10(7)20/h1-2,4,7,9-10,18-20H,3H2,(H2,14,15,16)/t7-,9-,10+/m1/s1. The highest BCUT2D eigenvalue weighted by Gasteiger charge is 2.36. The number of anilines is 1. The van der Waals surface area contributed by atoms with Gasteiger partial charge in [-0.25, -0.2) is 9.97 Å². The molecule has 0 aromatic carbocycles. The Kier molecular flexibility index (Phi) is 3.14. The number of rotatable bonds is 2. The highest BCUT2D eigenvalue weighted by atomic mass is 35.5. The van der Waals surface area contributed by atoms with E-state index in [0.29, 0.717) is 21.6 Å². The molecule has 20 heavy (non-hydrogen) atoms. The van der Waals surface area contributed by atoms with Crippen LogP contribution in [0, 0.1) is 0 Å². The summed E-state index contributed by atoms with van der Waals surface area (Å²) in [5, 5.41) is 30.0. The van der Waals surface area contributed by atoms with Gasteiger partial charge in [0.15, 0.2) is 0 Å². The van der Waals surface area contributed by atoms with Gasteiger partial charge in [0.25, 0.3) is 0 Å². The number of aliphatic hydroxyl groups is 3. The van der Waals surface area contributed by atoms with Gasteiger partial charge < -0.3 is 25.6 Å². The van der Waals surface area contributed by atoms with Crippen molar-refractivity contribution in [3.8, 4) is 0 Å². The van der Waals surface area contributed by atoms with E-state index in [0.717, 1.165) is 0 Å². The molecule has 0 unspecified atom stereocenters. The zero-order valence-electron chi connectivity index (χ0n) is 10.3. The molecule has 8 heteroatoms. The van der Waals surface area contributed by atoms with Crippen LogP contribution in [0.15, 0.2) is 24.2 Å². The maximum absolute atomic E-state index is 10.1. The summed E-state index contributed by atoms with van der Waals surface area (Å²) >= 11 is 6.12. The molecule has 2 heterocycles. The van der Waals surface area contributed by atoms with Crippen molar-refractivity contribution in [2.24, 2.45) is 0 Å². The van der Waals surface area contributed by atoms with E-state index in [9.17, 15) is 10.2 Å². The molecular formula is C12H13ClN4O3. The number of aliphatic hydroxyl groups excluding tert-OH is 3. The molecule has 2 aromatic rings. The van der Waals surface area contributed by atoms with Gasteiger partial charge in [-0.1, -0.05) is 17.7 Å². The van der Waals surface area contributed by atoms with Crippen LogP contribution in [0.4, 0.5) is 5.82 Å². The Labute approximate surface area is 118 Å². The van der Waals surface area contributed by atoms with E-state index in [1.807, 2.05) is 0 Å². The topological polar surface area (TPSA) is 117 Å². The molecule has 7 nitrogen and oxygen atoms in total. The number of hydrogen-bond donors (Lipinski definition) is 4. The van der Waals surface area contributed by atoms with E-state index in [4.69, 9.17) is 22.4 Å². The fraction of sp³-hybridized carbons (Fsp3) is 0.333. The summed E-state index contributed by atoms with van der Waals surface area (Å²) in [6.07, 6.45) is 2.29. The summed E-state index contributed by atoms with van der Waals surface area (Å²) < 4.78 is 1.62. The maximum atomic E-state index is 10.1. The van der Waals surface area contributed by atoms with Gasteiger partial charge in [-0.15, -0.1) is 0 Å². The predicted octanol–water partition coefficient (Wildman–Crippen LogP) is -0.138. The predicted molar refractivity (Wildman–Crippen MR) is 73.2 cm³/mol. The molecule has 0 saturated heterocycles. The average Bonchev–Trinajstić information content (AvgIpc) is 2.90. The Morgan fingerprint density at radius 2 is 2.10 bits per heavy atom. The first-order valence-corrected chi connectivity index (χ1v) is 6.36. The average molecular weight is 297 g/mol. The Morgan fingerprint density at radius 1 is 1.35 bits per heavy atom. The third-order valence-corrected chi connectivity index (χ3v) is 3.82. The minimum absolute atomic E-state index is 0.248. The van der Waals surface area contributed by atoms with Gasteiger partial charge >= 0.3 is 0 Å². The molecule has 1 aliphatic carbocycles. The van der Waals surface area contributed by atoms with E-state index in [1.54, 1.807) is 16.8 Å². The molecule has 3 atom stereocenters. The smallest absolute Gasteiger partial charge is 0.147 e. The van der Waals surface area contributed by atoms with Crippen molar-refractivity contribution in [3.05, 3.63) is 29.2 Å². The largest absolute Gasteiger partial charge is 0.392 e. The van der Waals surface area contributed by atoms with Crippen LogP contribution in [-0.2, 0) is 0 Å². The van der Waals surface area contributed by atoms with Crippen LogP contribution in [0.3, 0.4) is 0 Å². The number of fused-ring (bicyclic) bond motifs is 1. The van der Waals surface area contributed by atoms with Crippen molar-refractivity contribution in [1.82, 2.24) is 14.5 Å². The molecule has 1 aliphatic rings. The number of hydrogen-bond acceptors (Lipinski definition) is 6. The van der Waals surface area contributed by atoms with Crippen molar-refractivity contribution < 1.29 is 15.3 Å². The van der Waals surface area contributed by atoms with Crippen molar-refractivity contribution in [2.75, 3.05) is 12.3 Å². The molecule has 0 amide bonds. The van der Waals surface area contributed by atoms with Gasteiger partial charge in [0.2, 0.25) is 0 Å². The lowest BCUT2D eigenvalue weighted by molar-refractivity contribution is 0.0288. The molecule has 0 spiro atoms. The molecule has 2 aromatic heterocycles. The first-order valence-electron chi connectivity index (χ1n) is 5.98. The number of nitrogens with zero attached hydrogens (tertiary/aromatic N) is 3. The molecular weight excluding hydrogens is 284 g/mol. The molecule has 0 aliphatic heterocycles. The zero-order valence-corrected chi connectivity index (χ0v) is 11.1. The summed E-state index contributed by atoms with van der Waals surface area (Å²) in [6.45, 7) is -0.321. The monoisotopic (exact) mass is 296 g/mol. The Hall–Kier alpha value is -1.67. The molecule has 0 radical (unpaired) electrons. The van der Waals surface area contributed by atoms with Crippen molar-refractivity contribution in [1.29, 1.82) is 0 Å². The summed E-state index contributed by atoms with van der Waals surface area (Å²) in [6, 6.07) is -0.573. The number of nitrogen functional groups attached to an aromatic ring is 1. The lowest BCUT2D eigenvalue weighted by Gasteiger charge is -2.19. The summed E-state index contributed by atoms with van der Waals surface area (Å²) in [5.41, 5.74) is 6.60. The SMILES string of the molecule is Nc1ncnc2c1c(Cl)cn2[C@@H]1C=C(CO)[C@@H](O)[C@H]1O. The third kappa shape index (κ3) is 1.79. The van der Waals surface area contributed by atoms with Crippen LogP contribution in [0.5, 0.6) is 0 Å². The summed E-state index contributed by atoms with van der Waals surface area (Å²) in [4.78, 5) is 8.00. The van der Waals surface area contributed by atoms with E-state index in [2.05, 4.69) is 9.97 Å². The molecule has 0 saturated carbocycles. The van der Waals surface area contributed by atoms with Gasteiger partial charge in [0.1, 0.15) is 30.0 Å². The van der Waals surface area contributed by atoms with Crippen LogP contribution in [0.1, 0.15) is 6.04 Å². The van der Waals surface area contributed by atoms with Gasteiger partial charge in [0, 0.05) is 6.20 Å². The Balaban J connectivity index is 2.17. The number of aromatic nitrogens is 3. The summed E-state index contributed by atoms with van der Waals surface area (Å²) in [5.74, 6) is 0.248. The quantitative estimate of drug-likeness (QED) is 0.573. The van der Waals surface area contributed by atoms with Gasteiger partial charge in [-0.3, -0.25) is 0 Å². The van der Waals surface area contributed by atoms with Gasteiger partial charge in [-0.05, 0) is 5.57 Å². The molecule has 0 bridgehead atoms. The van der Waals surface area contributed by atoms with Crippen molar-refractivity contribution in [3.63, 3.8) is 0 Å². The summed E-state index contributed by atoms with van der Waals surface area (Å²) in [7, 11) is 0. The molecule has 5 N–H and O–H groups in total. The van der Waals surface area contributed by atoms with Gasteiger partial charge in [0.05, 0.1) is 23.1 Å². The van der Waals surface area contributed by atoms with E-state index >= 15 is 0 Å². The molecule has 0 fully saturated rings. The first-order chi connectivity index (χ1) is 9.54.